The van der Waals surface area contributed by atoms with Gasteiger partial charge in [0, 0.05) is 7.11 Å². The minimum Gasteiger partial charge on any atom is -0.497 e. The zero-order valence-electron chi connectivity index (χ0n) is 10.1. The van der Waals surface area contributed by atoms with Crippen molar-refractivity contribution in [2.24, 2.45) is 0 Å². The molecule has 0 unspecified atom stereocenters. The summed E-state index contributed by atoms with van der Waals surface area (Å²) in [7, 11) is 3.16. The average molecular weight is 239 g/mol. The smallest absolute Gasteiger partial charge is 0.247 e. The fourth-order valence-electron chi connectivity index (χ4n) is 1.26. The number of benzene rings is 1. The van der Waals surface area contributed by atoms with Crippen LogP contribution in [-0.2, 0) is 20.8 Å². The number of hydroxylamine groups is 1. The van der Waals surface area contributed by atoms with E-state index in [9.17, 15) is 4.79 Å². The van der Waals surface area contributed by atoms with Gasteiger partial charge in [-0.3, -0.25) is 9.63 Å². The van der Waals surface area contributed by atoms with E-state index < -0.39 is 0 Å². The Kier molecular flexibility index (Phi) is 6.06. The number of amides is 1. The Bertz CT molecular complexity index is 354. The zero-order valence-corrected chi connectivity index (χ0v) is 10.1. The van der Waals surface area contributed by atoms with Gasteiger partial charge in [-0.05, 0) is 17.7 Å². The molecule has 0 aliphatic carbocycles. The SMILES string of the molecule is COCCONC(=O)Cc1cccc(OC)c1. The zero-order chi connectivity index (χ0) is 12.5. The van der Waals surface area contributed by atoms with Crippen LogP contribution in [0.25, 0.3) is 0 Å². The number of hydrogen-bond donors (Lipinski definition) is 1. The fraction of sp³-hybridized carbons (Fsp3) is 0.417. The molecule has 17 heavy (non-hydrogen) atoms. The Labute approximate surface area is 101 Å². The van der Waals surface area contributed by atoms with Crippen LogP contribution in [0.4, 0.5) is 0 Å². The molecule has 0 heterocycles. The topological polar surface area (TPSA) is 56.8 Å². The third-order valence-electron chi connectivity index (χ3n) is 2.07. The van der Waals surface area contributed by atoms with Gasteiger partial charge in [0.2, 0.25) is 5.91 Å². The lowest BCUT2D eigenvalue weighted by atomic mass is 10.1. The van der Waals surface area contributed by atoms with E-state index in [1.807, 2.05) is 24.3 Å². The summed E-state index contributed by atoms with van der Waals surface area (Å²) in [6.45, 7) is 0.778. The average Bonchev–Trinajstić information content (AvgIpc) is 2.35. The molecule has 1 aromatic carbocycles. The molecule has 0 aliphatic heterocycles. The van der Waals surface area contributed by atoms with Crippen molar-refractivity contribution in [1.82, 2.24) is 5.48 Å². The molecule has 0 aliphatic rings. The minimum atomic E-state index is -0.200. The number of carbonyl (C=O) groups excluding carboxylic acids is 1. The van der Waals surface area contributed by atoms with Crippen molar-refractivity contribution >= 4 is 5.91 Å². The van der Waals surface area contributed by atoms with Gasteiger partial charge in [0.05, 0.1) is 26.7 Å². The first-order valence-electron chi connectivity index (χ1n) is 5.28. The lowest BCUT2D eigenvalue weighted by Gasteiger charge is -2.06. The van der Waals surface area contributed by atoms with E-state index in [4.69, 9.17) is 14.3 Å². The number of rotatable bonds is 7. The highest BCUT2D eigenvalue weighted by Crippen LogP contribution is 2.12. The van der Waals surface area contributed by atoms with Crippen LogP contribution in [0.2, 0.25) is 0 Å². The molecule has 0 fully saturated rings. The Morgan fingerprint density at radius 1 is 1.29 bits per heavy atom. The molecule has 1 rings (SSSR count). The maximum Gasteiger partial charge on any atom is 0.247 e. The Morgan fingerprint density at radius 3 is 2.82 bits per heavy atom. The lowest BCUT2D eigenvalue weighted by Crippen LogP contribution is -2.26. The predicted octanol–water partition coefficient (Wildman–Crippen LogP) is 0.932. The molecule has 1 amide bonds. The number of ether oxygens (including phenoxy) is 2. The van der Waals surface area contributed by atoms with Crippen LogP contribution < -0.4 is 10.2 Å². The molecule has 0 spiro atoms. The summed E-state index contributed by atoms with van der Waals surface area (Å²) in [4.78, 5) is 16.4. The second-order valence-electron chi connectivity index (χ2n) is 3.39. The Morgan fingerprint density at radius 2 is 2.12 bits per heavy atom. The van der Waals surface area contributed by atoms with Crippen molar-refractivity contribution < 1.29 is 19.1 Å². The van der Waals surface area contributed by atoms with Crippen molar-refractivity contribution in [3.63, 3.8) is 0 Å². The molecule has 0 saturated carbocycles. The van der Waals surface area contributed by atoms with Gasteiger partial charge >= 0.3 is 0 Å². The molecule has 0 radical (unpaired) electrons. The van der Waals surface area contributed by atoms with E-state index >= 15 is 0 Å². The molecule has 1 N–H and O–H groups in total. The van der Waals surface area contributed by atoms with Crippen LogP contribution in [-0.4, -0.2) is 33.3 Å². The second kappa shape index (κ2) is 7.65. The molecule has 0 bridgehead atoms. The molecular formula is C12H17NO4. The van der Waals surface area contributed by atoms with Crippen LogP contribution in [0.1, 0.15) is 5.56 Å². The summed E-state index contributed by atoms with van der Waals surface area (Å²) in [5.41, 5.74) is 3.22. The van der Waals surface area contributed by atoms with Gasteiger partial charge in [-0.15, -0.1) is 0 Å². The van der Waals surface area contributed by atoms with Gasteiger partial charge in [0.25, 0.3) is 0 Å². The van der Waals surface area contributed by atoms with Gasteiger partial charge in [0.1, 0.15) is 5.75 Å². The van der Waals surface area contributed by atoms with E-state index in [2.05, 4.69) is 5.48 Å². The number of methoxy groups -OCH3 is 2. The van der Waals surface area contributed by atoms with Crippen molar-refractivity contribution in [2.45, 2.75) is 6.42 Å². The summed E-state index contributed by atoms with van der Waals surface area (Å²) >= 11 is 0. The van der Waals surface area contributed by atoms with Crippen molar-refractivity contribution in [3.8, 4) is 5.75 Å². The van der Waals surface area contributed by atoms with Crippen LogP contribution in [0.15, 0.2) is 24.3 Å². The third-order valence-corrected chi connectivity index (χ3v) is 2.07. The molecule has 94 valence electrons. The summed E-state index contributed by atoms with van der Waals surface area (Å²) in [5, 5.41) is 0. The van der Waals surface area contributed by atoms with E-state index in [-0.39, 0.29) is 12.3 Å². The molecule has 0 saturated heterocycles. The van der Waals surface area contributed by atoms with Gasteiger partial charge in [-0.25, -0.2) is 5.48 Å². The van der Waals surface area contributed by atoms with Gasteiger partial charge in [0.15, 0.2) is 0 Å². The first-order valence-corrected chi connectivity index (χ1v) is 5.28. The molecule has 1 aromatic rings. The van der Waals surface area contributed by atoms with Crippen molar-refractivity contribution in [1.29, 1.82) is 0 Å². The molecule has 0 atom stereocenters. The van der Waals surface area contributed by atoms with Gasteiger partial charge < -0.3 is 9.47 Å². The summed E-state index contributed by atoms with van der Waals surface area (Å²) in [5.74, 6) is 0.532. The number of nitrogens with one attached hydrogen (secondary N) is 1. The highest BCUT2D eigenvalue weighted by Gasteiger charge is 2.04. The standard InChI is InChI=1S/C12H17NO4/c1-15-6-7-17-13-12(14)9-10-4-3-5-11(8-10)16-2/h3-5,8H,6-7,9H2,1-2H3,(H,13,14). The van der Waals surface area contributed by atoms with Gasteiger partial charge in [-0.2, -0.15) is 0 Å². The Hall–Kier alpha value is -1.59. The van der Waals surface area contributed by atoms with Crippen molar-refractivity contribution in [2.75, 3.05) is 27.4 Å². The van der Waals surface area contributed by atoms with Crippen LogP contribution in [0, 0.1) is 0 Å². The largest absolute Gasteiger partial charge is 0.497 e. The van der Waals surface area contributed by atoms with Gasteiger partial charge in [-0.1, -0.05) is 12.1 Å². The maximum atomic E-state index is 11.5. The minimum absolute atomic E-state index is 0.200. The molecule has 5 heteroatoms. The second-order valence-corrected chi connectivity index (χ2v) is 3.39. The van der Waals surface area contributed by atoms with E-state index in [0.717, 1.165) is 11.3 Å². The van der Waals surface area contributed by atoms with E-state index in [1.165, 1.54) is 0 Å². The first-order chi connectivity index (χ1) is 8.26. The number of hydrogen-bond acceptors (Lipinski definition) is 4. The van der Waals surface area contributed by atoms with Crippen LogP contribution in [0.3, 0.4) is 0 Å². The fourth-order valence-corrected chi connectivity index (χ4v) is 1.26. The maximum absolute atomic E-state index is 11.5. The third kappa shape index (κ3) is 5.33. The van der Waals surface area contributed by atoms with E-state index in [1.54, 1.807) is 14.2 Å². The normalized spacial score (nSPS) is 10.0. The summed E-state index contributed by atoms with van der Waals surface area (Å²) in [6.07, 6.45) is 0.254. The lowest BCUT2D eigenvalue weighted by molar-refractivity contribution is -0.133. The van der Waals surface area contributed by atoms with Crippen molar-refractivity contribution in [3.05, 3.63) is 29.8 Å². The van der Waals surface area contributed by atoms with Crippen LogP contribution >= 0.6 is 0 Å². The predicted molar refractivity (Wildman–Crippen MR) is 62.7 cm³/mol. The monoisotopic (exact) mass is 239 g/mol. The first kappa shape index (κ1) is 13.5. The summed E-state index contributed by atoms with van der Waals surface area (Å²) < 4.78 is 9.85. The van der Waals surface area contributed by atoms with Crippen LogP contribution in [0.5, 0.6) is 5.75 Å². The Balaban J connectivity index is 2.34. The summed E-state index contributed by atoms with van der Waals surface area (Å²) in [6, 6.07) is 7.34. The van der Waals surface area contributed by atoms with E-state index in [0.29, 0.717) is 13.2 Å². The number of carbonyl (C=O) groups is 1. The quantitative estimate of drug-likeness (QED) is 0.568. The highest BCUT2D eigenvalue weighted by molar-refractivity contribution is 5.77. The molecular weight excluding hydrogens is 222 g/mol. The highest BCUT2D eigenvalue weighted by atomic mass is 16.7. The molecule has 5 nitrogen and oxygen atoms in total. The molecule has 0 aromatic heterocycles.